The first-order valence-corrected chi connectivity index (χ1v) is 10.8. The van der Waals surface area contributed by atoms with Gasteiger partial charge in [0, 0.05) is 13.1 Å². The molecule has 8 heteroatoms. The van der Waals surface area contributed by atoms with E-state index in [4.69, 9.17) is 4.74 Å². The molecule has 2 heterocycles. The molecular formula is C18H24N4O2S2. The van der Waals surface area contributed by atoms with Crippen LogP contribution in [0.3, 0.4) is 0 Å². The molecule has 2 aromatic rings. The quantitative estimate of drug-likeness (QED) is 0.713. The van der Waals surface area contributed by atoms with Crippen LogP contribution in [0.2, 0.25) is 0 Å². The third-order valence-corrected chi connectivity index (χ3v) is 6.07. The minimum atomic E-state index is 0.198. The predicted octanol–water partition coefficient (Wildman–Crippen LogP) is 4.18. The lowest BCUT2D eigenvalue weighted by Gasteiger charge is -2.19. The third-order valence-electron chi connectivity index (χ3n) is 4.11. The lowest BCUT2D eigenvalue weighted by atomic mass is 10.2. The molecule has 1 N–H and O–H groups in total. The fourth-order valence-corrected chi connectivity index (χ4v) is 4.49. The number of likely N-dealkylation sites (tertiary alicyclic amines) is 1. The van der Waals surface area contributed by atoms with E-state index in [1.807, 2.05) is 36.1 Å². The lowest BCUT2D eigenvalue weighted by Crippen LogP contribution is -2.33. The highest BCUT2D eigenvalue weighted by atomic mass is 32.2. The number of benzene rings is 1. The highest BCUT2D eigenvalue weighted by molar-refractivity contribution is 8.01. The van der Waals surface area contributed by atoms with Gasteiger partial charge in [-0.2, -0.15) is 0 Å². The summed E-state index contributed by atoms with van der Waals surface area (Å²) in [7, 11) is 0. The van der Waals surface area contributed by atoms with Crippen molar-refractivity contribution in [1.82, 2.24) is 15.1 Å². The molecule has 1 aliphatic heterocycles. The molecule has 0 atom stereocenters. The van der Waals surface area contributed by atoms with Crippen molar-refractivity contribution < 1.29 is 9.53 Å². The van der Waals surface area contributed by atoms with E-state index in [-0.39, 0.29) is 5.91 Å². The van der Waals surface area contributed by atoms with E-state index in [0.717, 1.165) is 41.7 Å². The summed E-state index contributed by atoms with van der Waals surface area (Å²) >= 11 is 2.91. The average Bonchev–Trinajstić information content (AvgIpc) is 2.92. The number of anilines is 2. The first kappa shape index (κ1) is 19.0. The van der Waals surface area contributed by atoms with Crippen molar-refractivity contribution in [2.24, 2.45) is 0 Å². The summed E-state index contributed by atoms with van der Waals surface area (Å²) in [6.07, 6.45) is 4.68. The molecule has 1 fully saturated rings. The maximum absolute atomic E-state index is 12.4. The number of amides is 1. The molecule has 140 valence electrons. The van der Waals surface area contributed by atoms with Crippen molar-refractivity contribution in [3.63, 3.8) is 0 Å². The van der Waals surface area contributed by atoms with Gasteiger partial charge in [0.1, 0.15) is 5.75 Å². The summed E-state index contributed by atoms with van der Waals surface area (Å²) in [6.45, 7) is 4.33. The first-order chi connectivity index (χ1) is 12.8. The minimum Gasteiger partial charge on any atom is -0.492 e. The number of nitrogens with one attached hydrogen (secondary N) is 1. The average molecular weight is 393 g/mol. The minimum absolute atomic E-state index is 0.198. The van der Waals surface area contributed by atoms with Gasteiger partial charge < -0.3 is 15.0 Å². The van der Waals surface area contributed by atoms with Crippen molar-refractivity contribution in [2.75, 3.05) is 30.8 Å². The standard InChI is InChI=1S/C18H24N4O2S2/c1-2-24-15-10-6-5-9-14(15)19-17-20-21-18(26-17)25-13-16(23)22-11-7-3-4-8-12-22/h5-6,9-10H,2-4,7-8,11-13H2,1H3,(H,19,20). The van der Waals surface area contributed by atoms with Crippen LogP contribution in [-0.2, 0) is 4.79 Å². The highest BCUT2D eigenvalue weighted by Gasteiger charge is 2.17. The van der Waals surface area contributed by atoms with Crippen LogP contribution >= 0.6 is 23.1 Å². The summed E-state index contributed by atoms with van der Waals surface area (Å²) < 4.78 is 6.41. The number of thioether (sulfide) groups is 1. The van der Waals surface area contributed by atoms with Crippen LogP contribution in [0.4, 0.5) is 10.8 Å². The maximum atomic E-state index is 12.4. The van der Waals surface area contributed by atoms with Gasteiger partial charge in [0.15, 0.2) is 4.34 Å². The molecule has 0 bridgehead atoms. The van der Waals surface area contributed by atoms with Gasteiger partial charge in [-0.05, 0) is 31.9 Å². The lowest BCUT2D eigenvalue weighted by molar-refractivity contribution is -0.128. The Kier molecular flexibility index (Phi) is 7.13. The number of para-hydroxylation sites is 2. The van der Waals surface area contributed by atoms with Gasteiger partial charge in [-0.25, -0.2) is 0 Å². The topological polar surface area (TPSA) is 67.3 Å². The fourth-order valence-electron chi connectivity index (χ4n) is 2.82. The molecule has 1 amide bonds. The second-order valence-electron chi connectivity index (χ2n) is 6.01. The number of aromatic nitrogens is 2. The Hall–Kier alpha value is -1.80. The molecule has 0 unspecified atom stereocenters. The number of hydrogen-bond donors (Lipinski definition) is 1. The van der Waals surface area contributed by atoms with E-state index >= 15 is 0 Å². The van der Waals surface area contributed by atoms with Crippen LogP contribution in [-0.4, -0.2) is 46.5 Å². The summed E-state index contributed by atoms with van der Waals surface area (Å²) in [4.78, 5) is 14.4. The Morgan fingerprint density at radius 2 is 2.00 bits per heavy atom. The van der Waals surface area contributed by atoms with E-state index in [1.165, 1.54) is 35.9 Å². The zero-order valence-electron chi connectivity index (χ0n) is 14.9. The smallest absolute Gasteiger partial charge is 0.233 e. The zero-order chi connectivity index (χ0) is 18.2. The van der Waals surface area contributed by atoms with Crippen LogP contribution in [0.5, 0.6) is 5.75 Å². The van der Waals surface area contributed by atoms with Gasteiger partial charge >= 0.3 is 0 Å². The molecule has 0 saturated carbocycles. The van der Waals surface area contributed by atoms with E-state index < -0.39 is 0 Å². The Labute approximate surface area is 162 Å². The van der Waals surface area contributed by atoms with Crippen LogP contribution in [0, 0.1) is 0 Å². The largest absolute Gasteiger partial charge is 0.492 e. The van der Waals surface area contributed by atoms with Gasteiger partial charge in [-0.3, -0.25) is 4.79 Å². The first-order valence-electron chi connectivity index (χ1n) is 8.99. The van der Waals surface area contributed by atoms with Gasteiger partial charge in [-0.1, -0.05) is 48.1 Å². The zero-order valence-corrected chi connectivity index (χ0v) is 16.6. The SMILES string of the molecule is CCOc1ccccc1Nc1nnc(SCC(=O)N2CCCCCC2)s1. The second kappa shape index (κ2) is 9.78. The van der Waals surface area contributed by atoms with Crippen LogP contribution in [0.25, 0.3) is 0 Å². The Bertz CT molecular complexity index is 715. The predicted molar refractivity (Wildman–Crippen MR) is 107 cm³/mol. The fraction of sp³-hybridized carbons (Fsp3) is 0.500. The van der Waals surface area contributed by atoms with Crippen molar-refractivity contribution in [3.05, 3.63) is 24.3 Å². The van der Waals surface area contributed by atoms with Crippen molar-refractivity contribution >= 4 is 39.8 Å². The number of nitrogens with zero attached hydrogens (tertiary/aromatic N) is 3. The monoisotopic (exact) mass is 392 g/mol. The summed E-state index contributed by atoms with van der Waals surface area (Å²) in [5, 5.41) is 12.3. The summed E-state index contributed by atoms with van der Waals surface area (Å²) in [5.74, 6) is 1.41. The molecule has 1 aromatic carbocycles. The molecule has 0 spiro atoms. The molecular weight excluding hydrogens is 368 g/mol. The molecule has 0 aliphatic carbocycles. The molecule has 0 radical (unpaired) electrons. The van der Waals surface area contributed by atoms with Gasteiger partial charge in [-0.15, -0.1) is 10.2 Å². The molecule has 3 rings (SSSR count). The number of carbonyl (C=O) groups excluding carboxylic acids is 1. The van der Waals surface area contributed by atoms with E-state index in [0.29, 0.717) is 17.5 Å². The molecule has 6 nitrogen and oxygen atoms in total. The van der Waals surface area contributed by atoms with Crippen molar-refractivity contribution in [3.8, 4) is 5.75 Å². The second-order valence-corrected chi connectivity index (χ2v) is 8.21. The maximum Gasteiger partial charge on any atom is 0.233 e. The van der Waals surface area contributed by atoms with E-state index in [1.54, 1.807) is 0 Å². The number of ether oxygens (including phenoxy) is 1. The molecule has 1 saturated heterocycles. The molecule has 1 aliphatic rings. The van der Waals surface area contributed by atoms with E-state index in [9.17, 15) is 4.79 Å². The molecule has 1 aromatic heterocycles. The van der Waals surface area contributed by atoms with E-state index in [2.05, 4.69) is 15.5 Å². The van der Waals surface area contributed by atoms with Crippen molar-refractivity contribution in [2.45, 2.75) is 36.9 Å². The Balaban J connectivity index is 1.54. The highest BCUT2D eigenvalue weighted by Crippen LogP contribution is 2.31. The van der Waals surface area contributed by atoms with Crippen LogP contribution in [0.1, 0.15) is 32.6 Å². The number of rotatable bonds is 7. The number of carbonyl (C=O) groups is 1. The van der Waals surface area contributed by atoms with Gasteiger partial charge in [0.2, 0.25) is 11.0 Å². The summed E-state index contributed by atoms with van der Waals surface area (Å²) in [5.41, 5.74) is 0.864. The Morgan fingerprint density at radius 3 is 2.77 bits per heavy atom. The summed E-state index contributed by atoms with van der Waals surface area (Å²) in [6, 6.07) is 7.75. The van der Waals surface area contributed by atoms with Crippen LogP contribution in [0.15, 0.2) is 28.6 Å². The number of hydrogen-bond acceptors (Lipinski definition) is 7. The van der Waals surface area contributed by atoms with Crippen molar-refractivity contribution in [1.29, 1.82) is 0 Å². The van der Waals surface area contributed by atoms with Crippen LogP contribution < -0.4 is 10.1 Å². The normalized spacial score (nSPS) is 14.7. The molecule has 26 heavy (non-hydrogen) atoms. The third kappa shape index (κ3) is 5.35. The van der Waals surface area contributed by atoms with Gasteiger partial charge in [0.25, 0.3) is 0 Å². The van der Waals surface area contributed by atoms with Gasteiger partial charge in [0.05, 0.1) is 18.0 Å². The Morgan fingerprint density at radius 1 is 1.23 bits per heavy atom.